The van der Waals surface area contributed by atoms with Crippen LogP contribution in [-0.4, -0.2) is 18.4 Å². The Bertz CT molecular complexity index is 788. The Morgan fingerprint density at radius 3 is 2.54 bits per heavy atom. The molecule has 0 spiro atoms. The zero-order chi connectivity index (χ0) is 17.7. The van der Waals surface area contributed by atoms with Crippen LogP contribution in [0, 0.1) is 11.3 Å². The number of anilines is 1. The average molecular weight is 320 g/mol. The predicted octanol–water partition coefficient (Wildman–Crippen LogP) is 4.18. The average Bonchev–Trinajstić information content (AvgIpc) is 2.61. The Morgan fingerprint density at radius 2 is 2.00 bits per heavy atom. The summed E-state index contributed by atoms with van der Waals surface area (Å²) in [4.78, 5) is 13.3. The third kappa shape index (κ3) is 3.82. The smallest absolute Gasteiger partial charge is 0.150 e. The normalized spacial score (nSPS) is 11.4. The van der Waals surface area contributed by atoms with Crippen LogP contribution in [0.3, 0.4) is 0 Å². The van der Waals surface area contributed by atoms with E-state index in [9.17, 15) is 9.90 Å². The van der Waals surface area contributed by atoms with Crippen molar-refractivity contribution >= 4 is 12.0 Å². The Kier molecular flexibility index (Phi) is 5.39. The van der Waals surface area contributed by atoms with E-state index in [4.69, 9.17) is 5.26 Å². The zero-order valence-corrected chi connectivity index (χ0v) is 13.9. The highest BCUT2D eigenvalue weighted by molar-refractivity contribution is 5.78. The van der Waals surface area contributed by atoms with Gasteiger partial charge in [-0.15, -0.1) is 0 Å². The van der Waals surface area contributed by atoms with E-state index in [2.05, 4.69) is 6.58 Å². The van der Waals surface area contributed by atoms with Gasteiger partial charge in [-0.05, 0) is 35.4 Å². The van der Waals surface area contributed by atoms with E-state index in [1.807, 2.05) is 55.3 Å². The maximum Gasteiger partial charge on any atom is 0.150 e. The van der Waals surface area contributed by atoms with Crippen molar-refractivity contribution in [2.75, 3.05) is 11.9 Å². The highest BCUT2D eigenvalue weighted by Gasteiger charge is 2.10. The van der Waals surface area contributed by atoms with E-state index in [-0.39, 0.29) is 11.7 Å². The summed E-state index contributed by atoms with van der Waals surface area (Å²) in [6.07, 6.45) is 0.779. The van der Waals surface area contributed by atoms with Crippen LogP contribution in [0.15, 0.2) is 54.8 Å². The van der Waals surface area contributed by atoms with Gasteiger partial charge in [0, 0.05) is 30.8 Å². The maximum atomic E-state index is 11.2. The molecule has 1 N–H and O–H groups in total. The second-order valence-electron chi connectivity index (χ2n) is 5.80. The lowest BCUT2D eigenvalue weighted by molar-refractivity contribution is 0.112. The molecule has 1 unspecified atom stereocenters. The lowest BCUT2D eigenvalue weighted by Gasteiger charge is -2.21. The van der Waals surface area contributed by atoms with Crippen molar-refractivity contribution in [1.29, 1.82) is 5.26 Å². The Labute approximate surface area is 142 Å². The second kappa shape index (κ2) is 7.47. The van der Waals surface area contributed by atoms with Gasteiger partial charge in [0.1, 0.15) is 6.29 Å². The van der Waals surface area contributed by atoms with Crippen LogP contribution in [0.25, 0.3) is 0 Å². The van der Waals surface area contributed by atoms with Gasteiger partial charge in [0.2, 0.25) is 0 Å². The Balaban J connectivity index is 2.18. The number of nitrogens with zero attached hydrogens (tertiary/aromatic N) is 2. The van der Waals surface area contributed by atoms with Crippen LogP contribution in [0.2, 0.25) is 0 Å². The van der Waals surface area contributed by atoms with Gasteiger partial charge in [0.05, 0.1) is 17.4 Å². The van der Waals surface area contributed by atoms with Crippen LogP contribution >= 0.6 is 0 Å². The second-order valence-corrected chi connectivity index (χ2v) is 5.80. The molecule has 0 bridgehead atoms. The van der Waals surface area contributed by atoms with E-state index >= 15 is 0 Å². The van der Waals surface area contributed by atoms with Crippen molar-refractivity contribution < 1.29 is 9.90 Å². The number of aliphatic hydroxyl groups is 1. The molecule has 0 saturated heterocycles. The lowest BCUT2D eigenvalue weighted by Crippen LogP contribution is -2.17. The zero-order valence-electron chi connectivity index (χ0n) is 13.9. The van der Waals surface area contributed by atoms with Crippen LogP contribution in [0.4, 0.5) is 5.69 Å². The first-order valence-corrected chi connectivity index (χ1v) is 7.63. The van der Waals surface area contributed by atoms with E-state index in [1.54, 1.807) is 12.1 Å². The number of benzene rings is 2. The minimum atomic E-state index is -0.107. The number of rotatable bonds is 6. The standard InChI is InChI=1S/C20H20N2O2/c1-14(15(2)24)17-6-8-20(9-7-17)22(3)12-18-5-4-16(11-21)10-19(18)13-23/h4-10,13-14,24H,2,12H2,1,3H3. The van der Waals surface area contributed by atoms with Gasteiger partial charge < -0.3 is 10.0 Å². The molecule has 0 aliphatic heterocycles. The first-order chi connectivity index (χ1) is 11.5. The van der Waals surface area contributed by atoms with Crippen molar-refractivity contribution in [2.24, 2.45) is 0 Å². The minimum absolute atomic E-state index is 0.107. The number of hydrogen-bond acceptors (Lipinski definition) is 4. The van der Waals surface area contributed by atoms with E-state index in [0.29, 0.717) is 17.7 Å². The van der Waals surface area contributed by atoms with E-state index in [0.717, 1.165) is 23.1 Å². The van der Waals surface area contributed by atoms with Gasteiger partial charge in [-0.1, -0.05) is 31.7 Å². The number of hydrogen-bond donors (Lipinski definition) is 1. The SMILES string of the molecule is C=C(O)C(C)c1ccc(N(C)Cc2ccc(C#N)cc2C=O)cc1. The van der Waals surface area contributed by atoms with Gasteiger partial charge in [0.15, 0.2) is 0 Å². The predicted molar refractivity (Wildman–Crippen MR) is 95.3 cm³/mol. The van der Waals surface area contributed by atoms with Crippen LogP contribution in [-0.2, 0) is 6.54 Å². The summed E-state index contributed by atoms with van der Waals surface area (Å²) in [5, 5.41) is 18.4. The van der Waals surface area contributed by atoms with Crippen molar-refractivity contribution in [3.63, 3.8) is 0 Å². The molecule has 24 heavy (non-hydrogen) atoms. The van der Waals surface area contributed by atoms with Crippen LogP contribution in [0.1, 0.15) is 39.9 Å². The van der Waals surface area contributed by atoms with Gasteiger partial charge in [-0.3, -0.25) is 4.79 Å². The van der Waals surface area contributed by atoms with Crippen molar-refractivity contribution in [2.45, 2.75) is 19.4 Å². The highest BCUT2D eigenvalue weighted by atomic mass is 16.3. The largest absolute Gasteiger partial charge is 0.512 e. The first-order valence-electron chi connectivity index (χ1n) is 7.63. The molecule has 122 valence electrons. The number of carbonyl (C=O) groups is 1. The molecule has 0 fully saturated rings. The summed E-state index contributed by atoms with van der Waals surface area (Å²) in [7, 11) is 1.94. The summed E-state index contributed by atoms with van der Waals surface area (Å²) in [6.45, 7) is 6.02. The van der Waals surface area contributed by atoms with Crippen molar-refractivity contribution in [3.05, 3.63) is 77.1 Å². The van der Waals surface area contributed by atoms with Gasteiger partial charge in [-0.2, -0.15) is 5.26 Å². The molecule has 2 aromatic rings. The summed E-state index contributed by atoms with van der Waals surface area (Å²) < 4.78 is 0. The molecule has 1 atom stereocenters. The monoisotopic (exact) mass is 320 g/mol. The molecule has 4 heteroatoms. The topological polar surface area (TPSA) is 64.3 Å². The number of nitriles is 1. The molecule has 0 aliphatic carbocycles. The fourth-order valence-electron chi connectivity index (χ4n) is 2.47. The molecule has 0 aliphatic rings. The maximum absolute atomic E-state index is 11.2. The molecule has 0 aromatic heterocycles. The van der Waals surface area contributed by atoms with E-state index < -0.39 is 0 Å². The molecule has 0 amide bonds. The summed E-state index contributed by atoms with van der Waals surface area (Å²) >= 11 is 0. The van der Waals surface area contributed by atoms with Gasteiger partial charge in [0.25, 0.3) is 0 Å². The molecule has 2 rings (SSSR count). The van der Waals surface area contributed by atoms with Gasteiger partial charge in [-0.25, -0.2) is 0 Å². The number of aldehydes is 1. The van der Waals surface area contributed by atoms with E-state index in [1.165, 1.54) is 0 Å². The fourth-order valence-corrected chi connectivity index (χ4v) is 2.47. The number of carbonyl (C=O) groups excluding carboxylic acids is 1. The molecule has 0 saturated carbocycles. The third-order valence-corrected chi connectivity index (χ3v) is 4.14. The van der Waals surface area contributed by atoms with Crippen LogP contribution in [0.5, 0.6) is 0 Å². The quantitative estimate of drug-likeness (QED) is 0.640. The number of allylic oxidation sites excluding steroid dienone is 1. The first kappa shape index (κ1) is 17.3. The molecular formula is C20H20N2O2. The molecule has 0 radical (unpaired) electrons. The fraction of sp³-hybridized carbons (Fsp3) is 0.200. The van der Waals surface area contributed by atoms with Gasteiger partial charge >= 0.3 is 0 Å². The van der Waals surface area contributed by atoms with Crippen molar-refractivity contribution in [3.8, 4) is 6.07 Å². The molecule has 4 nitrogen and oxygen atoms in total. The molecule has 0 heterocycles. The number of aliphatic hydroxyl groups excluding tert-OH is 1. The lowest BCUT2D eigenvalue weighted by atomic mass is 9.99. The summed E-state index contributed by atoms with van der Waals surface area (Å²) in [6, 6.07) is 15.0. The van der Waals surface area contributed by atoms with Crippen molar-refractivity contribution in [1.82, 2.24) is 0 Å². The molecule has 2 aromatic carbocycles. The third-order valence-electron chi connectivity index (χ3n) is 4.14. The summed E-state index contributed by atoms with van der Waals surface area (Å²) in [5.41, 5.74) is 3.86. The van der Waals surface area contributed by atoms with Crippen LogP contribution < -0.4 is 4.90 Å². The Morgan fingerprint density at radius 1 is 1.33 bits per heavy atom. The molecular weight excluding hydrogens is 300 g/mol. The summed E-state index contributed by atoms with van der Waals surface area (Å²) in [5.74, 6) is 0.0360. The minimum Gasteiger partial charge on any atom is -0.512 e. The highest BCUT2D eigenvalue weighted by Crippen LogP contribution is 2.24. The Hall–Kier alpha value is -3.06.